The minimum absolute atomic E-state index is 0.797. The molecule has 3 rings (SSSR count). The summed E-state index contributed by atoms with van der Waals surface area (Å²) in [6, 6.07) is 18.7. The van der Waals surface area contributed by atoms with Crippen molar-refractivity contribution in [2.45, 2.75) is 19.8 Å². The molecule has 3 nitrogen and oxygen atoms in total. The lowest BCUT2D eigenvalue weighted by molar-refractivity contribution is 0.322. The first-order valence-corrected chi connectivity index (χ1v) is 9.38. The van der Waals surface area contributed by atoms with E-state index in [-0.39, 0.29) is 0 Å². The van der Waals surface area contributed by atoms with E-state index in [4.69, 9.17) is 9.94 Å². The zero-order valence-corrected chi connectivity index (χ0v) is 16.4. The molecular formula is C25H25NO2. The Morgan fingerprint density at radius 3 is 2.46 bits per heavy atom. The van der Waals surface area contributed by atoms with Crippen molar-refractivity contribution in [3.63, 3.8) is 0 Å². The first-order chi connectivity index (χ1) is 13.7. The van der Waals surface area contributed by atoms with Crippen molar-refractivity contribution in [3.8, 4) is 16.9 Å². The van der Waals surface area contributed by atoms with Crippen molar-refractivity contribution in [1.82, 2.24) is 0 Å². The number of rotatable bonds is 7. The zero-order chi connectivity index (χ0) is 19.9. The molecule has 0 amide bonds. The molecule has 142 valence electrons. The van der Waals surface area contributed by atoms with Gasteiger partial charge < -0.3 is 9.94 Å². The van der Waals surface area contributed by atoms with Gasteiger partial charge in [0.1, 0.15) is 5.75 Å². The Labute approximate surface area is 166 Å². The van der Waals surface area contributed by atoms with Gasteiger partial charge in [-0.2, -0.15) is 0 Å². The summed E-state index contributed by atoms with van der Waals surface area (Å²) in [5.74, 6) is 0.890. The number of allylic oxidation sites excluding steroid dienone is 3. The molecule has 0 radical (unpaired) electrons. The van der Waals surface area contributed by atoms with E-state index in [1.165, 1.54) is 11.8 Å². The van der Waals surface area contributed by atoms with E-state index in [1.807, 2.05) is 30.3 Å². The second-order valence-corrected chi connectivity index (χ2v) is 6.66. The standard InChI is InChI=1S/C25H25NO2/c1-4-6-18(5-2)13-24-16-23(11-12-25(24)28-3)22-10-9-20-14-19(17-26-27)7-8-21(20)15-22/h5-12,14-17,27H,2,4,13H2,1,3H3/b18-6+,26-17+. The Balaban J connectivity index is 2.00. The third-order valence-corrected chi connectivity index (χ3v) is 4.81. The van der Waals surface area contributed by atoms with Crippen LogP contribution in [0, 0.1) is 0 Å². The Morgan fingerprint density at radius 2 is 1.75 bits per heavy atom. The van der Waals surface area contributed by atoms with Crippen molar-refractivity contribution >= 4 is 17.0 Å². The van der Waals surface area contributed by atoms with Crippen molar-refractivity contribution < 1.29 is 9.94 Å². The van der Waals surface area contributed by atoms with Crippen LogP contribution in [0.3, 0.4) is 0 Å². The van der Waals surface area contributed by atoms with Crippen LogP contribution in [0.1, 0.15) is 24.5 Å². The van der Waals surface area contributed by atoms with Gasteiger partial charge in [0.15, 0.2) is 0 Å². The molecule has 0 aromatic heterocycles. The Bertz CT molecular complexity index is 1050. The number of benzene rings is 3. The van der Waals surface area contributed by atoms with Crippen LogP contribution in [-0.2, 0) is 6.42 Å². The van der Waals surface area contributed by atoms with Crippen molar-refractivity contribution in [1.29, 1.82) is 0 Å². The van der Waals surface area contributed by atoms with Gasteiger partial charge in [0, 0.05) is 6.42 Å². The number of hydrogen-bond acceptors (Lipinski definition) is 3. The summed E-state index contributed by atoms with van der Waals surface area (Å²) in [5, 5.41) is 14.1. The molecule has 0 bridgehead atoms. The van der Waals surface area contributed by atoms with Crippen LogP contribution in [0.2, 0.25) is 0 Å². The van der Waals surface area contributed by atoms with E-state index in [1.54, 1.807) is 7.11 Å². The van der Waals surface area contributed by atoms with Gasteiger partial charge in [-0.3, -0.25) is 0 Å². The van der Waals surface area contributed by atoms with E-state index >= 15 is 0 Å². The van der Waals surface area contributed by atoms with Gasteiger partial charge in [0.05, 0.1) is 13.3 Å². The van der Waals surface area contributed by atoms with Gasteiger partial charge in [-0.15, -0.1) is 0 Å². The highest BCUT2D eigenvalue weighted by Crippen LogP contribution is 2.30. The first-order valence-electron chi connectivity index (χ1n) is 9.38. The predicted octanol–water partition coefficient (Wildman–Crippen LogP) is 6.39. The minimum Gasteiger partial charge on any atom is -0.496 e. The minimum atomic E-state index is 0.797. The molecule has 0 aliphatic rings. The molecule has 0 fully saturated rings. The maximum Gasteiger partial charge on any atom is 0.122 e. The highest BCUT2D eigenvalue weighted by Gasteiger charge is 2.08. The maximum absolute atomic E-state index is 8.72. The average molecular weight is 371 g/mol. The average Bonchev–Trinajstić information content (AvgIpc) is 2.73. The van der Waals surface area contributed by atoms with Crippen molar-refractivity contribution in [2.75, 3.05) is 7.11 Å². The fourth-order valence-electron chi connectivity index (χ4n) is 3.40. The molecule has 0 saturated carbocycles. The smallest absolute Gasteiger partial charge is 0.122 e. The lowest BCUT2D eigenvalue weighted by atomic mass is 9.96. The summed E-state index contributed by atoms with van der Waals surface area (Å²) < 4.78 is 5.57. The molecule has 0 atom stereocenters. The molecular weight excluding hydrogens is 346 g/mol. The van der Waals surface area contributed by atoms with Crippen LogP contribution in [0.4, 0.5) is 0 Å². The number of hydrogen-bond donors (Lipinski definition) is 1. The summed E-state index contributed by atoms with van der Waals surface area (Å²) in [6.45, 7) is 6.06. The molecule has 0 heterocycles. The van der Waals surface area contributed by atoms with Gasteiger partial charge >= 0.3 is 0 Å². The summed E-state index contributed by atoms with van der Waals surface area (Å²) in [4.78, 5) is 0. The van der Waals surface area contributed by atoms with E-state index in [0.29, 0.717) is 0 Å². The highest BCUT2D eigenvalue weighted by molar-refractivity contribution is 5.92. The molecule has 0 unspecified atom stereocenters. The Hall–Kier alpha value is -3.33. The number of nitrogens with zero attached hydrogens (tertiary/aromatic N) is 1. The maximum atomic E-state index is 8.72. The Kier molecular flexibility index (Phi) is 6.28. The third-order valence-electron chi connectivity index (χ3n) is 4.81. The molecule has 3 aromatic rings. The van der Waals surface area contributed by atoms with Crippen LogP contribution < -0.4 is 4.74 Å². The van der Waals surface area contributed by atoms with Crippen LogP contribution in [0.25, 0.3) is 21.9 Å². The summed E-state index contributed by atoms with van der Waals surface area (Å²) in [6.07, 6.45) is 7.33. The van der Waals surface area contributed by atoms with Crippen molar-refractivity contribution in [3.05, 3.63) is 90.0 Å². The fraction of sp³-hybridized carbons (Fsp3) is 0.160. The highest BCUT2D eigenvalue weighted by atomic mass is 16.5. The monoisotopic (exact) mass is 371 g/mol. The zero-order valence-electron chi connectivity index (χ0n) is 16.4. The van der Waals surface area contributed by atoms with Crippen molar-refractivity contribution in [2.24, 2.45) is 5.16 Å². The van der Waals surface area contributed by atoms with Gasteiger partial charge in [-0.05, 0) is 69.3 Å². The van der Waals surface area contributed by atoms with Gasteiger partial charge in [0.25, 0.3) is 0 Å². The van der Waals surface area contributed by atoms with Gasteiger partial charge in [-0.1, -0.05) is 61.1 Å². The number of oxime groups is 1. The molecule has 3 heteroatoms. The van der Waals surface area contributed by atoms with E-state index in [2.05, 4.69) is 55.1 Å². The van der Waals surface area contributed by atoms with E-state index in [9.17, 15) is 0 Å². The van der Waals surface area contributed by atoms with E-state index in [0.717, 1.165) is 51.6 Å². The second kappa shape index (κ2) is 9.05. The van der Waals surface area contributed by atoms with Crippen LogP contribution in [0.15, 0.2) is 84.1 Å². The normalized spacial score (nSPS) is 11.9. The number of fused-ring (bicyclic) bond motifs is 1. The van der Waals surface area contributed by atoms with Crippen LogP contribution in [-0.4, -0.2) is 18.5 Å². The molecule has 1 N–H and O–H groups in total. The van der Waals surface area contributed by atoms with Crippen LogP contribution >= 0.6 is 0 Å². The van der Waals surface area contributed by atoms with Gasteiger partial charge in [-0.25, -0.2) is 0 Å². The summed E-state index contributed by atoms with van der Waals surface area (Å²) in [5.41, 5.74) is 5.52. The summed E-state index contributed by atoms with van der Waals surface area (Å²) in [7, 11) is 1.71. The molecule has 0 spiro atoms. The largest absolute Gasteiger partial charge is 0.496 e. The Morgan fingerprint density at radius 1 is 1.04 bits per heavy atom. The van der Waals surface area contributed by atoms with Gasteiger partial charge in [0.2, 0.25) is 0 Å². The first kappa shape index (κ1) is 19.4. The van der Waals surface area contributed by atoms with Crippen LogP contribution in [0.5, 0.6) is 5.75 Å². The molecule has 0 aliphatic heterocycles. The topological polar surface area (TPSA) is 41.8 Å². The lowest BCUT2D eigenvalue weighted by Gasteiger charge is -2.12. The third kappa shape index (κ3) is 4.32. The SMILES string of the molecule is C=C/C(=C\CC)Cc1cc(-c2ccc3cc(/C=N/O)ccc3c2)ccc1OC. The number of methoxy groups -OCH3 is 1. The molecule has 28 heavy (non-hydrogen) atoms. The molecule has 0 saturated heterocycles. The summed E-state index contributed by atoms with van der Waals surface area (Å²) >= 11 is 0. The lowest BCUT2D eigenvalue weighted by Crippen LogP contribution is -1.95. The fourth-order valence-corrected chi connectivity index (χ4v) is 3.40. The predicted molar refractivity (Wildman–Crippen MR) is 118 cm³/mol. The quantitative estimate of drug-likeness (QED) is 0.226. The van der Waals surface area contributed by atoms with E-state index < -0.39 is 0 Å². The molecule has 3 aromatic carbocycles. The molecule has 0 aliphatic carbocycles. The number of ether oxygens (including phenoxy) is 1. The second-order valence-electron chi connectivity index (χ2n) is 6.66.